The Hall–Kier alpha value is -0.500. The highest BCUT2D eigenvalue weighted by Gasteiger charge is 2.24. The minimum Gasteiger partial charge on any atom is -0.286 e. The minimum absolute atomic E-state index is 0.383. The van der Waals surface area contributed by atoms with Gasteiger partial charge in [0.2, 0.25) is 0 Å². The molecule has 0 N–H and O–H groups in total. The summed E-state index contributed by atoms with van der Waals surface area (Å²) in [5.74, 6) is 1.13. The molecule has 2 rings (SSSR count). The van der Waals surface area contributed by atoms with Crippen molar-refractivity contribution in [1.29, 1.82) is 5.26 Å². The largest absolute Gasteiger partial charge is 0.286 e. The Morgan fingerprint density at radius 2 is 2.44 bits per heavy atom. The molecule has 1 aliphatic rings. The first-order valence-corrected chi connectivity index (χ1v) is 6.99. The van der Waals surface area contributed by atoms with E-state index in [2.05, 4.69) is 45.1 Å². The number of halogens is 1. The average molecular weight is 297 g/mol. The van der Waals surface area contributed by atoms with Gasteiger partial charge in [-0.15, -0.1) is 11.8 Å². The fraction of sp³-hybridized carbons (Fsp3) is 0.417. The van der Waals surface area contributed by atoms with Crippen LogP contribution in [0.15, 0.2) is 27.6 Å². The molecule has 1 atom stereocenters. The molecule has 0 aliphatic carbocycles. The first-order chi connectivity index (χ1) is 7.72. The molecule has 0 amide bonds. The third kappa shape index (κ3) is 2.42. The summed E-state index contributed by atoms with van der Waals surface area (Å²) in [4.78, 5) is 3.48. The van der Waals surface area contributed by atoms with Crippen LogP contribution in [-0.2, 0) is 0 Å². The minimum atomic E-state index is 0.383. The van der Waals surface area contributed by atoms with E-state index >= 15 is 0 Å². The van der Waals surface area contributed by atoms with E-state index in [9.17, 15) is 0 Å². The van der Waals surface area contributed by atoms with E-state index in [1.54, 1.807) is 0 Å². The van der Waals surface area contributed by atoms with Gasteiger partial charge < -0.3 is 0 Å². The predicted molar refractivity (Wildman–Crippen MR) is 70.5 cm³/mol. The van der Waals surface area contributed by atoms with Gasteiger partial charge in [0, 0.05) is 15.4 Å². The Balaban J connectivity index is 2.32. The van der Waals surface area contributed by atoms with Crippen molar-refractivity contribution in [2.75, 3.05) is 19.3 Å². The highest BCUT2D eigenvalue weighted by molar-refractivity contribution is 9.10. The quantitative estimate of drug-likeness (QED) is 0.782. The Labute approximate surface area is 109 Å². The van der Waals surface area contributed by atoms with Crippen LogP contribution >= 0.6 is 27.7 Å². The van der Waals surface area contributed by atoms with E-state index < -0.39 is 0 Å². The normalized spacial score (nSPS) is 19.2. The second-order valence-electron chi connectivity index (χ2n) is 3.91. The van der Waals surface area contributed by atoms with Crippen LogP contribution in [0, 0.1) is 11.3 Å². The van der Waals surface area contributed by atoms with Crippen LogP contribution < -0.4 is 0 Å². The Morgan fingerprint density at radius 1 is 1.62 bits per heavy atom. The standard InChI is InChI=1S/C12H13BrN2S/c1-15(6-5-14)11-4-7-16-12-3-2-9(13)8-10(11)12/h2-3,8,11H,4,6-7H2,1H3/t11-/m0/s1. The molecule has 0 radical (unpaired) electrons. The van der Waals surface area contributed by atoms with E-state index in [0.717, 1.165) is 16.6 Å². The van der Waals surface area contributed by atoms with Crippen molar-refractivity contribution in [3.63, 3.8) is 0 Å². The number of benzene rings is 1. The number of hydrogen-bond donors (Lipinski definition) is 0. The van der Waals surface area contributed by atoms with Crippen molar-refractivity contribution in [3.05, 3.63) is 28.2 Å². The van der Waals surface area contributed by atoms with Gasteiger partial charge in [-0.25, -0.2) is 0 Å². The molecule has 0 spiro atoms. The summed E-state index contributed by atoms with van der Waals surface area (Å²) in [6.45, 7) is 0.487. The number of nitriles is 1. The number of nitrogens with zero attached hydrogens (tertiary/aromatic N) is 2. The number of hydrogen-bond acceptors (Lipinski definition) is 3. The molecule has 0 saturated heterocycles. The van der Waals surface area contributed by atoms with Crippen LogP contribution in [0.25, 0.3) is 0 Å². The fourth-order valence-electron chi connectivity index (χ4n) is 2.03. The first-order valence-electron chi connectivity index (χ1n) is 5.22. The van der Waals surface area contributed by atoms with Crippen LogP contribution in [0.1, 0.15) is 18.0 Å². The molecular weight excluding hydrogens is 284 g/mol. The van der Waals surface area contributed by atoms with Crippen LogP contribution in [-0.4, -0.2) is 24.2 Å². The highest BCUT2D eigenvalue weighted by atomic mass is 79.9. The molecule has 4 heteroatoms. The van der Waals surface area contributed by atoms with Gasteiger partial charge in [0.1, 0.15) is 0 Å². The van der Waals surface area contributed by atoms with E-state index in [1.165, 1.54) is 10.5 Å². The third-order valence-electron chi connectivity index (χ3n) is 2.83. The van der Waals surface area contributed by atoms with Crippen LogP contribution in [0.4, 0.5) is 0 Å². The maximum atomic E-state index is 8.76. The Bertz CT molecular complexity index is 428. The Morgan fingerprint density at radius 3 is 3.19 bits per heavy atom. The number of thioether (sulfide) groups is 1. The number of fused-ring (bicyclic) bond motifs is 1. The lowest BCUT2D eigenvalue weighted by Gasteiger charge is -2.31. The summed E-state index contributed by atoms with van der Waals surface area (Å²) in [7, 11) is 2.02. The highest BCUT2D eigenvalue weighted by Crippen LogP contribution is 2.39. The van der Waals surface area contributed by atoms with Gasteiger partial charge in [0.15, 0.2) is 0 Å². The second-order valence-corrected chi connectivity index (χ2v) is 5.96. The van der Waals surface area contributed by atoms with Gasteiger partial charge in [0.25, 0.3) is 0 Å². The molecule has 1 heterocycles. The zero-order valence-electron chi connectivity index (χ0n) is 9.11. The molecule has 0 aromatic heterocycles. The lowest BCUT2D eigenvalue weighted by Crippen LogP contribution is -2.27. The van der Waals surface area contributed by atoms with Crippen LogP contribution in [0.3, 0.4) is 0 Å². The van der Waals surface area contributed by atoms with Gasteiger partial charge >= 0.3 is 0 Å². The monoisotopic (exact) mass is 296 g/mol. The molecule has 0 saturated carbocycles. The summed E-state index contributed by atoms with van der Waals surface area (Å²) in [5, 5.41) is 8.76. The van der Waals surface area contributed by atoms with Crippen molar-refractivity contribution < 1.29 is 0 Å². The molecule has 1 aromatic rings. The van der Waals surface area contributed by atoms with Crippen LogP contribution in [0.5, 0.6) is 0 Å². The van der Waals surface area contributed by atoms with Crippen molar-refractivity contribution in [1.82, 2.24) is 4.90 Å². The van der Waals surface area contributed by atoms with Crippen molar-refractivity contribution in [2.24, 2.45) is 0 Å². The predicted octanol–water partition coefficient (Wildman–Crippen LogP) is 3.44. The average Bonchev–Trinajstić information content (AvgIpc) is 2.28. The van der Waals surface area contributed by atoms with Gasteiger partial charge in [-0.05, 0) is 43.0 Å². The first kappa shape index (κ1) is 12.0. The van der Waals surface area contributed by atoms with Gasteiger partial charge in [-0.3, -0.25) is 4.90 Å². The van der Waals surface area contributed by atoms with E-state index in [0.29, 0.717) is 12.6 Å². The lowest BCUT2D eigenvalue weighted by molar-refractivity contribution is 0.263. The van der Waals surface area contributed by atoms with E-state index in [1.807, 2.05) is 18.8 Å². The fourth-order valence-corrected chi connectivity index (χ4v) is 3.49. The molecule has 1 aliphatic heterocycles. The molecule has 2 nitrogen and oxygen atoms in total. The molecular formula is C12H13BrN2S. The van der Waals surface area contributed by atoms with Crippen molar-refractivity contribution in [3.8, 4) is 6.07 Å². The van der Waals surface area contributed by atoms with Gasteiger partial charge in [-0.1, -0.05) is 15.9 Å². The van der Waals surface area contributed by atoms with Crippen molar-refractivity contribution >= 4 is 27.7 Å². The summed E-state index contributed by atoms with van der Waals surface area (Å²) in [6.07, 6.45) is 1.12. The van der Waals surface area contributed by atoms with Gasteiger partial charge in [-0.2, -0.15) is 5.26 Å². The molecule has 16 heavy (non-hydrogen) atoms. The zero-order chi connectivity index (χ0) is 11.5. The van der Waals surface area contributed by atoms with E-state index in [4.69, 9.17) is 5.26 Å². The SMILES string of the molecule is CN(CC#N)[C@H]1CCSc2ccc(Br)cc21. The summed E-state index contributed by atoms with van der Waals surface area (Å²) >= 11 is 5.42. The molecule has 0 fully saturated rings. The Kier molecular flexibility index (Phi) is 3.91. The molecule has 1 aromatic carbocycles. The second kappa shape index (κ2) is 5.22. The topological polar surface area (TPSA) is 27.0 Å². The number of rotatable bonds is 2. The maximum absolute atomic E-state index is 8.76. The van der Waals surface area contributed by atoms with Crippen LogP contribution in [0.2, 0.25) is 0 Å². The maximum Gasteiger partial charge on any atom is 0.0868 e. The molecule has 0 bridgehead atoms. The van der Waals surface area contributed by atoms with Crippen molar-refractivity contribution in [2.45, 2.75) is 17.4 Å². The smallest absolute Gasteiger partial charge is 0.0868 e. The summed E-state index contributed by atoms with van der Waals surface area (Å²) in [6, 6.07) is 9.03. The summed E-state index contributed by atoms with van der Waals surface area (Å²) in [5.41, 5.74) is 1.35. The lowest BCUT2D eigenvalue weighted by atomic mass is 10.0. The van der Waals surface area contributed by atoms with E-state index in [-0.39, 0.29) is 0 Å². The zero-order valence-corrected chi connectivity index (χ0v) is 11.5. The summed E-state index contributed by atoms with van der Waals surface area (Å²) < 4.78 is 1.11. The molecule has 0 unspecified atom stereocenters. The third-order valence-corrected chi connectivity index (χ3v) is 4.45. The molecule has 84 valence electrons. The van der Waals surface area contributed by atoms with Gasteiger partial charge in [0.05, 0.1) is 12.6 Å².